The van der Waals surface area contributed by atoms with Crippen molar-refractivity contribution in [3.05, 3.63) is 90.5 Å². The number of methoxy groups -OCH3 is 1. The summed E-state index contributed by atoms with van der Waals surface area (Å²) in [6, 6.07) is 28.9. The number of esters is 1. The molecule has 0 saturated carbocycles. The standard InChI is InChI=1S/C37H50O6Si/c1-36(2,3)43-35(39)27-30(38)26-32(41-28-29-21-23-31(40-7)24-22-29)16-14-15-25-42-44(37(4,5)6,33-17-10-8-11-18-33)34-19-12-9-13-20-34/h8-13,17-24,32H,14-16,25-28H2,1-7H3/t32-/m1/s1. The van der Waals surface area contributed by atoms with Crippen LogP contribution in [0.15, 0.2) is 84.9 Å². The minimum atomic E-state index is -2.61. The summed E-state index contributed by atoms with van der Waals surface area (Å²) in [6.07, 6.45) is 1.92. The van der Waals surface area contributed by atoms with E-state index >= 15 is 0 Å². The number of benzene rings is 3. The van der Waals surface area contributed by atoms with Crippen molar-refractivity contribution in [1.82, 2.24) is 0 Å². The summed E-state index contributed by atoms with van der Waals surface area (Å²) in [5, 5.41) is 2.42. The van der Waals surface area contributed by atoms with E-state index in [2.05, 4.69) is 69.3 Å². The molecule has 44 heavy (non-hydrogen) atoms. The van der Waals surface area contributed by atoms with Crippen molar-refractivity contribution in [2.75, 3.05) is 13.7 Å². The molecule has 0 aliphatic carbocycles. The van der Waals surface area contributed by atoms with Crippen LogP contribution in [0.2, 0.25) is 5.04 Å². The van der Waals surface area contributed by atoms with Crippen LogP contribution in [-0.4, -0.2) is 45.5 Å². The van der Waals surface area contributed by atoms with Gasteiger partial charge in [0.25, 0.3) is 8.32 Å². The topological polar surface area (TPSA) is 71.1 Å². The Morgan fingerprint density at radius 3 is 1.84 bits per heavy atom. The molecule has 0 amide bonds. The first-order valence-corrected chi connectivity index (χ1v) is 17.5. The van der Waals surface area contributed by atoms with Crippen molar-refractivity contribution >= 4 is 30.4 Å². The zero-order valence-electron chi connectivity index (χ0n) is 27.6. The van der Waals surface area contributed by atoms with Gasteiger partial charge in [-0.05, 0) is 73.1 Å². The van der Waals surface area contributed by atoms with Gasteiger partial charge in [0.1, 0.15) is 23.6 Å². The number of hydrogen-bond donors (Lipinski definition) is 0. The Labute approximate surface area is 265 Å². The zero-order valence-corrected chi connectivity index (χ0v) is 28.6. The Morgan fingerprint density at radius 1 is 0.773 bits per heavy atom. The fourth-order valence-corrected chi connectivity index (χ4v) is 10.1. The summed E-state index contributed by atoms with van der Waals surface area (Å²) in [4.78, 5) is 25.2. The van der Waals surface area contributed by atoms with E-state index in [9.17, 15) is 9.59 Å². The van der Waals surface area contributed by atoms with Crippen LogP contribution in [0, 0.1) is 0 Å². The van der Waals surface area contributed by atoms with Crippen molar-refractivity contribution in [1.29, 1.82) is 0 Å². The van der Waals surface area contributed by atoms with Crippen LogP contribution in [0.4, 0.5) is 0 Å². The third kappa shape index (κ3) is 10.4. The van der Waals surface area contributed by atoms with Crippen LogP contribution >= 0.6 is 0 Å². The second-order valence-corrected chi connectivity index (χ2v) is 17.6. The fraction of sp³-hybridized carbons (Fsp3) is 0.459. The highest BCUT2D eigenvalue weighted by Gasteiger charge is 2.49. The maximum atomic E-state index is 12.9. The van der Waals surface area contributed by atoms with Crippen molar-refractivity contribution in [3.8, 4) is 5.75 Å². The summed E-state index contributed by atoms with van der Waals surface area (Å²) < 4.78 is 23.9. The molecular formula is C37H50O6Si. The van der Waals surface area contributed by atoms with Crippen LogP contribution in [0.25, 0.3) is 0 Å². The minimum absolute atomic E-state index is 0.0895. The Balaban J connectivity index is 1.68. The first kappa shape index (κ1) is 35.2. The van der Waals surface area contributed by atoms with Crippen molar-refractivity contribution in [3.63, 3.8) is 0 Å². The summed E-state index contributed by atoms with van der Waals surface area (Å²) >= 11 is 0. The van der Waals surface area contributed by atoms with Gasteiger partial charge >= 0.3 is 5.97 Å². The molecule has 0 bridgehead atoms. The Kier molecular flexibility index (Phi) is 12.9. The number of carbonyl (C=O) groups excluding carboxylic acids is 2. The smallest absolute Gasteiger partial charge is 0.313 e. The highest BCUT2D eigenvalue weighted by Crippen LogP contribution is 2.37. The number of Topliss-reactive ketones (excluding diaryl/α,β-unsaturated/α-hetero) is 1. The lowest BCUT2D eigenvalue weighted by atomic mass is 10.0. The summed E-state index contributed by atoms with van der Waals surface area (Å²) in [5.41, 5.74) is 0.359. The molecule has 0 heterocycles. The van der Waals surface area contributed by atoms with E-state index in [1.807, 2.05) is 36.4 Å². The number of carbonyl (C=O) groups is 2. The van der Waals surface area contributed by atoms with Gasteiger partial charge in [0, 0.05) is 13.0 Å². The average Bonchev–Trinajstić information content (AvgIpc) is 2.97. The maximum Gasteiger partial charge on any atom is 0.313 e. The number of unbranched alkanes of at least 4 members (excludes halogenated alkanes) is 1. The SMILES string of the molecule is COc1ccc(CO[C@H](CCCCO[Si](c2ccccc2)(c2ccccc2)C(C)(C)C)CC(=O)CC(=O)OC(C)(C)C)cc1. The third-order valence-corrected chi connectivity index (χ3v) is 12.6. The van der Waals surface area contributed by atoms with Gasteiger partial charge in [0.2, 0.25) is 0 Å². The van der Waals surface area contributed by atoms with E-state index < -0.39 is 19.9 Å². The van der Waals surface area contributed by atoms with Gasteiger partial charge in [-0.1, -0.05) is 93.6 Å². The second-order valence-electron chi connectivity index (χ2n) is 13.3. The predicted molar refractivity (Wildman–Crippen MR) is 179 cm³/mol. The molecule has 1 atom stereocenters. The second kappa shape index (κ2) is 16.2. The zero-order chi connectivity index (χ0) is 32.2. The van der Waals surface area contributed by atoms with Crippen LogP contribution in [0.5, 0.6) is 5.75 Å². The van der Waals surface area contributed by atoms with Crippen molar-refractivity contribution < 1.29 is 28.2 Å². The third-order valence-electron chi connectivity index (χ3n) is 7.52. The van der Waals surface area contributed by atoms with Gasteiger partial charge in [-0.15, -0.1) is 0 Å². The molecule has 0 unspecified atom stereocenters. The Bertz CT molecular complexity index is 1250. The van der Waals surface area contributed by atoms with Gasteiger partial charge in [-0.2, -0.15) is 0 Å². The summed E-state index contributed by atoms with van der Waals surface area (Å²) in [7, 11) is -0.971. The quantitative estimate of drug-likeness (QED) is 0.0744. The van der Waals surface area contributed by atoms with E-state index in [0.717, 1.165) is 24.2 Å². The highest BCUT2D eigenvalue weighted by atomic mass is 28.4. The first-order valence-electron chi connectivity index (χ1n) is 15.6. The number of ether oxygens (including phenoxy) is 3. The van der Waals surface area contributed by atoms with E-state index in [4.69, 9.17) is 18.6 Å². The molecular weight excluding hydrogens is 568 g/mol. The number of rotatable bonds is 16. The fourth-order valence-electron chi connectivity index (χ4n) is 5.51. The molecule has 0 aliphatic rings. The molecule has 0 aromatic heterocycles. The molecule has 0 N–H and O–H groups in total. The molecule has 0 fully saturated rings. The minimum Gasteiger partial charge on any atom is -0.497 e. The van der Waals surface area contributed by atoms with E-state index in [-0.39, 0.29) is 29.8 Å². The number of hydrogen-bond acceptors (Lipinski definition) is 6. The molecule has 3 rings (SSSR count). The normalized spacial score (nSPS) is 12.9. The van der Waals surface area contributed by atoms with E-state index in [0.29, 0.717) is 19.6 Å². The molecule has 238 valence electrons. The number of ketones is 1. The molecule has 0 saturated heterocycles. The first-order chi connectivity index (χ1) is 20.8. The Morgan fingerprint density at radius 2 is 1.34 bits per heavy atom. The molecule has 0 aliphatic heterocycles. The lowest BCUT2D eigenvalue weighted by molar-refractivity contribution is -0.156. The Hall–Kier alpha value is -3.26. The van der Waals surface area contributed by atoms with Gasteiger partial charge < -0.3 is 18.6 Å². The monoisotopic (exact) mass is 618 g/mol. The average molecular weight is 619 g/mol. The van der Waals surface area contributed by atoms with Gasteiger partial charge in [-0.25, -0.2) is 0 Å². The lowest BCUT2D eigenvalue weighted by Crippen LogP contribution is -2.66. The molecule has 6 nitrogen and oxygen atoms in total. The molecule has 3 aromatic carbocycles. The highest BCUT2D eigenvalue weighted by molar-refractivity contribution is 6.99. The summed E-state index contributed by atoms with van der Waals surface area (Å²) in [5.74, 6) is 0.0939. The van der Waals surface area contributed by atoms with Gasteiger partial charge in [0.05, 0.1) is 19.8 Å². The van der Waals surface area contributed by atoms with E-state index in [1.165, 1.54) is 10.4 Å². The van der Waals surface area contributed by atoms with Crippen LogP contribution in [0.3, 0.4) is 0 Å². The molecule has 3 aromatic rings. The predicted octanol–water partition coefficient (Wildman–Crippen LogP) is 7.02. The van der Waals surface area contributed by atoms with Crippen LogP contribution in [0.1, 0.15) is 79.2 Å². The molecule has 7 heteroatoms. The lowest BCUT2D eigenvalue weighted by Gasteiger charge is -2.43. The van der Waals surface area contributed by atoms with Gasteiger partial charge in [-0.3, -0.25) is 9.59 Å². The van der Waals surface area contributed by atoms with Crippen LogP contribution in [-0.2, 0) is 30.1 Å². The maximum absolute atomic E-state index is 12.9. The largest absolute Gasteiger partial charge is 0.497 e. The van der Waals surface area contributed by atoms with E-state index in [1.54, 1.807) is 27.9 Å². The summed E-state index contributed by atoms with van der Waals surface area (Å²) in [6.45, 7) is 13.2. The molecule has 0 spiro atoms. The van der Waals surface area contributed by atoms with Crippen molar-refractivity contribution in [2.45, 2.75) is 97.0 Å². The van der Waals surface area contributed by atoms with Crippen molar-refractivity contribution in [2.24, 2.45) is 0 Å². The van der Waals surface area contributed by atoms with Gasteiger partial charge in [0.15, 0.2) is 0 Å². The molecule has 0 radical (unpaired) electrons. The van der Waals surface area contributed by atoms with Crippen LogP contribution < -0.4 is 15.1 Å².